The van der Waals surface area contributed by atoms with Gasteiger partial charge in [-0.15, -0.1) is 0 Å². The second-order valence-corrected chi connectivity index (χ2v) is 12.7. The molecule has 3 amide bonds. The molecule has 0 spiro atoms. The van der Waals surface area contributed by atoms with Crippen molar-refractivity contribution in [3.8, 4) is 5.75 Å². The fraction of sp³-hybridized carbons (Fsp3) is 0.576. The molecule has 1 heterocycles. The number of Topliss-reactive ketones (excluding diaryl/α,β-unsaturated/α-hetero) is 4. The van der Waals surface area contributed by atoms with E-state index in [-0.39, 0.29) is 50.8 Å². The number of aldehydes is 1. The Morgan fingerprint density at radius 1 is 0.945 bits per heavy atom. The van der Waals surface area contributed by atoms with Gasteiger partial charge in [-0.2, -0.15) is 0 Å². The summed E-state index contributed by atoms with van der Waals surface area (Å²) >= 11 is 0. The smallest absolute Gasteiger partial charge is 0.241 e. The number of carbonyl (C=O) groups excluding carboxylic acids is 8. The SMILES string of the molecule is C[C@@H](O)[C@@H]1NC(=O)[C@H](CO)NNC(C(=O)N[C@@H](CO)C(=O)C(=O)[C@H](Cc2ccc(O)cc2)NN)CCCCNC(=O)CCC(NN[C@H](C=O)CO)C(=O)C1=O. The number of rotatable bonds is 16. The molecule has 306 valence electrons. The third kappa shape index (κ3) is 14.9. The number of benzene rings is 1. The number of hydrogen-bond donors (Lipinski definition) is 14. The zero-order valence-corrected chi connectivity index (χ0v) is 30.2. The van der Waals surface area contributed by atoms with Crippen molar-refractivity contribution in [2.24, 2.45) is 5.84 Å². The Hall–Kier alpha value is -4.62. The summed E-state index contributed by atoms with van der Waals surface area (Å²) < 4.78 is 0. The number of amides is 3. The monoisotopic (exact) mass is 781 g/mol. The van der Waals surface area contributed by atoms with Gasteiger partial charge in [0.05, 0.1) is 50.1 Å². The normalized spacial score (nSPS) is 23.2. The molecule has 22 nitrogen and oxygen atoms in total. The minimum absolute atomic E-state index is 0.0215. The van der Waals surface area contributed by atoms with E-state index in [1.165, 1.54) is 24.3 Å². The largest absolute Gasteiger partial charge is 0.508 e. The van der Waals surface area contributed by atoms with Gasteiger partial charge in [0.2, 0.25) is 40.9 Å². The Kier molecular flexibility index (Phi) is 20.3. The number of nitrogens with two attached hydrogens (primary N) is 1. The van der Waals surface area contributed by atoms with E-state index < -0.39 is 109 Å². The first kappa shape index (κ1) is 46.5. The van der Waals surface area contributed by atoms with Crippen LogP contribution in [0.3, 0.4) is 0 Å². The summed E-state index contributed by atoms with van der Waals surface area (Å²) in [5.74, 6) is -1.82. The molecule has 1 aromatic carbocycles. The minimum atomic E-state index is -1.86. The lowest BCUT2D eigenvalue weighted by molar-refractivity contribution is -0.142. The fourth-order valence-electron chi connectivity index (χ4n) is 5.22. The zero-order valence-electron chi connectivity index (χ0n) is 30.2. The Morgan fingerprint density at radius 3 is 2.20 bits per heavy atom. The molecule has 0 aromatic heterocycles. The molecule has 1 aliphatic heterocycles. The van der Waals surface area contributed by atoms with Crippen LogP contribution in [0.2, 0.25) is 0 Å². The van der Waals surface area contributed by atoms with E-state index in [4.69, 9.17) is 5.84 Å². The Morgan fingerprint density at radius 2 is 1.62 bits per heavy atom. The third-order valence-corrected chi connectivity index (χ3v) is 8.53. The maximum Gasteiger partial charge on any atom is 0.241 e. The highest BCUT2D eigenvalue weighted by Crippen LogP contribution is 2.12. The van der Waals surface area contributed by atoms with Crippen molar-refractivity contribution in [3.05, 3.63) is 29.8 Å². The molecule has 0 saturated carbocycles. The summed E-state index contributed by atoms with van der Waals surface area (Å²) in [5.41, 5.74) is 12.6. The molecular weight excluding hydrogens is 730 g/mol. The third-order valence-electron chi connectivity index (χ3n) is 8.53. The van der Waals surface area contributed by atoms with Gasteiger partial charge in [-0.25, -0.2) is 27.1 Å². The zero-order chi connectivity index (χ0) is 41.1. The summed E-state index contributed by atoms with van der Waals surface area (Å²) in [6, 6.07) is -4.60. The van der Waals surface area contributed by atoms with Gasteiger partial charge >= 0.3 is 0 Å². The second-order valence-electron chi connectivity index (χ2n) is 12.7. The quantitative estimate of drug-likeness (QED) is 0.0321. The van der Waals surface area contributed by atoms with Crippen LogP contribution >= 0.6 is 0 Å². The average Bonchev–Trinajstić information content (AvgIpc) is 3.17. The molecule has 1 saturated heterocycles. The standard InChI is InChI=1S/C33H51N9O13/c1-17(47)27-31(53)28(50)21(40-39-19(13-43)14-44)9-10-26(49)35-11-3-2-4-22(41-42-25(16-46)33(55)37-27)32(54)36-24(15-45)30(52)29(51)23(38-34)12-18-5-7-20(48)8-6-18/h5-8,13,17,19,21-25,27,38-42,44-48H,2-4,9-12,14-16,34H2,1H3,(H,35,49)(H,36,54)(H,37,55)/t17-,19-,21?,22?,23+,24+,25+,27+/m1/s1. The molecule has 8 atom stereocenters. The highest BCUT2D eigenvalue weighted by atomic mass is 16.3. The maximum absolute atomic E-state index is 13.5. The molecule has 22 heteroatoms. The van der Waals surface area contributed by atoms with Crippen LogP contribution in [0.5, 0.6) is 5.75 Å². The fourth-order valence-corrected chi connectivity index (χ4v) is 5.22. The van der Waals surface area contributed by atoms with Gasteiger partial charge < -0.3 is 46.3 Å². The van der Waals surface area contributed by atoms with Crippen molar-refractivity contribution in [1.82, 2.24) is 43.1 Å². The van der Waals surface area contributed by atoms with E-state index in [1.807, 2.05) is 0 Å². The van der Waals surface area contributed by atoms with Crippen molar-refractivity contribution in [2.75, 3.05) is 26.4 Å². The molecule has 1 fully saturated rings. The van der Waals surface area contributed by atoms with E-state index in [1.54, 1.807) is 0 Å². The summed E-state index contributed by atoms with van der Waals surface area (Å²) in [6.45, 7) is -1.39. The number of carbonyl (C=O) groups is 8. The summed E-state index contributed by atoms with van der Waals surface area (Å²) in [7, 11) is 0. The number of ketones is 4. The molecule has 0 radical (unpaired) electrons. The topological polar surface area (TPSA) is 360 Å². The van der Waals surface area contributed by atoms with Gasteiger partial charge in [0.25, 0.3) is 0 Å². The van der Waals surface area contributed by atoms with Crippen LogP contribution in [0, 0.1) is 0 Å². The number of hydrogen-bond acceptors (Lipinski definition) is 19. The number of aliphatic hydroxyl groups excluding tert-OH is 4. The van der Waals surface area contributed by atoms with E-state index in [2.05, 4.69) is 43.1 Å². The van der Waals surface area contributed by atoms with Crippen LogP contribution in [0.25, 0.3) is 0 Å². The van der Waals surface area contributed by atoms with Crippen LogP contribution in [0.1, 0.15) is 44.6 Å². The van der Waals surface area contributed by atoms with Gasteiger partial charge in [0.15, 0.2) is 0 Å². The second kappa shape index (κ2) is 24.0. The van der Waals surface area contributed by atoms with E-state index in [0.29, 0.717) is 11.8 Å². The van der Waals surface area contributed by atoms with Crippen LogP contribution in [0.15, 0.2) is 24.3 Å². The molecule has 55 heavy (non-hydrogen) atoms. The molecule has 2 rings (SSSR count). The van der Waals surface area contributed by atoms with E-state index in [0.717, 1.165) is 6.92 Å². The molecule has 0 aliphatic carbocycles. The van der Waals surface area contributed by atoms with E-state index in [9.17, 15) is 63.9 Å². The first-order valence-corrected chi connectivity index (χ1v) is 17.5. The highest BCUT2D eigenvalue weighted by molar-refractivity contribution is 6.42. The van der Waals surface area contributed by atoms with Gasteiger partial charge in [-0.05, 0) is 56.7 Å². The van der Waals surface area contributed by atoms with Crippen molar-refractivity contribution in [1.29, 1.82) is 0 Å². The number of hydrazine groups is 3. The van der Waals surface area contributed by atoms with Crippen LogP contribution < -0.4 is 48.9 Å². The minimum Gasteiger partial charge on any atom is -0.508 e. The van der Waals surface area contributed by atoms with Crippen molar-refractivity contribution >= 4 is 47.1 Å². The summed E-state index contributed by atoms with van der Waals surface area (Å²) in [5, 5.41) is 56.2. The lowest BCUT2D eigenvalue weighted by Gasteiger charge is -2.27. The Balaban J connectivity index is 2.27. The molecular formula is C33H51N9O13. The van der Waals surface area contributed by atoms with Crippen LogP contribution in [-0.4, -0.2) is 147 Å². The Bertz CT molecular complexity index is 1480. The van der Waals surface area contributed by atoms with Crippen LogP contribution in [-0.2, 0) is 44.8 Å². The van der Waals surface area contributed by atoms with Gasteiger partial charge in [-0.3, -0.25) is 39.4 Å². The van der Waals surface area contributed by atoms with Gasteiger partial charge in [-0.1, -0.05) is 12.1 Å². The number of nitrogens with one attached hydrogen (secondary N) is 8. The lowest BCUT2D eigenvalue weighted by atomic mass is 9.96. The number of aliphatic hydroxyl groups is 4. The van der Waals surface area contributed by atoms with Gasteiger partial charge in [0.1, 0.15) is 30.2 Å². The number of phenols is 1. The molecule has 0 bridgehead atoms. The first-order chi connectivity index (χ1) is 26.2. The molecule has 2 unspecified atom stereocenters. The van der Waals surface area contributed by atoms with Crippen molar-refractivity contribution in [3.63, 3.8) is 0 Å². The average molecular weight is 782 g/mol. The first-order valence-electron chi connectivity index (χ1n) is 17.5. The predicted octanol–water partition coefficient (Wildman–Crippen LogP) is -6.69. The number of aromatic hydroxyl groups is 1. The Labute approximate surface area is 315 Å². The summed E-state index contributed by atoms with van der Waals surface area (Å²) in [4.78, 5) is 103. The van der Waals surface area contributed by atoms with Crippen molar-refractivity contribution in [2.45, 2.75) is 93.8 Å². The van der Waals surface area contributed by atoms with Crippen LogP contribution in [0.4, 0.5) is 0 Å². The molecule has 1 aliphatic rings. The number of phenolic OH excluding ortho intramolecular Hbond substituents is 1. The van der Waals surface area contributed by atoms with Gasteiger partial charge in [0, 0.05) is 13.0 Å². The van der Waals surface area contributed by atoms with Crippen molar-refractivity contribution < 1.29 is 63.9 Å². The summed E-state index contributed by atoms with van der Waals surface area (Å²) in [6.07, 6.45) is -1.48. The van der Waals surface area contributed by atoms with E-state index >= 15 is 0 Å². The lowest BCUT2D eigenvalue weighted by Crippen LogP contribution is -2.63. The molecule has 1 aromatic rings. The molecule has 15 N–H and O–H groups in total. The highest BCUT2D eigenvalue weighted by Gasteiger charge is 2.37. The predicted molar refractivity (Wildman–Crippen MR) is 190 cm³/mol. The maximum atomic E-state index is 13.5.